The van der Waals surface area contributed by atoms with E-state index in [0.717, 1.165) is 50.7 Å². The van der Waals surface area contributed by atoms with Crippen molar-refractivity contribution in [2.24, 2.45) is 0 Å². The molecule has 2 fully saturated rings. The van der Waals surface area contributed by atoms with Gasteiger partial charge in [0.15, 0.2) is 0 Å². The summed E-state index contributed by atoms with van der Waals surface area (Å²) < 4.78 is 5.92. The molecule has 1 atom stereocenters. The molecule has 0 aliphatic carbocycles. The number of aromatic nitrogens is 2. The summed E-state index contributed by atoms with van der Waals surface area (Å²) in [5.74, 6) is 2.75. The molecule has 4 heterocycles. The van der Waals surface area contributed by atoms with Crippen LogP contribution in [0.5, 0.6) is 5.88 Å². The number of thioether (sulfide) groups is 1. The first kappa shape index (κ1) is 18.3. The minimum atomic E-state index is 0.0593. The first-order valence-electron chi connectivity index (χ1n) is 9.39. The van der Waals surface area contributed by atoms with Gasteiger partial charge in [-0.3, -0.25) is 14.7 Å². The molecule has 7 heteroatoms. The van der Waals surface area contributed by atoms with Gasteiger partial charge in [-0.15, -0.1) is 0 Å². The molecule has 1 unspecified atom stereocenters. The van der Waals surface area contributed by atoms with Gasteiger partial charge in [0.1, 0.15) is 6.10 Å². The monoisotopic (exact) mass is 384 g/mol. The van der Waals surface area contributed by atoms with Gasteiger partial charge in [0.2, 0.25) is 5.88 Å². The quantitative estimate of drug-likeness (QED) is 0.789. The highest BCUT2D eigenvalue weighted by molar-refractivity contribution is 7.99. The average molecular weight is 385 g/mol. The van der Waals surface area contributed by atoms with Crippen molar-refractivity contribution in [1.29, 1.82) is 0 Å². The third kappa shape index (κ3) is 4.78. The molecule has 2 aromatic rings. The van der Waals surface area contributed by atoms with E-state index < -0.39 is 0 Å². The van der Waals surface area contributed by atoms with Crippen molar-refractivity contribution < 1.29 is 9.53 Å². The topological polar surface area (TPSA) is 58.6 Å². The zero-order valence-corrected chi connectivity index (χ0v) is 16.1. The molecule has 0 spiro atoms. The van der Waals surface area contributed by atoms with Crippen molar-refractivity contribution in [3.8, 4) is 5.88 Å². The maximum Gasteiger partial charge on any atom is 0.254 e. The second-order valence-electron chi connectivity index (χ2n) is 6.92. The number of carbonyl (C=O) groups excluding carboxylic acids is 1. The lowest BCUT2D eigenvalue weighted by atomic mass is 10.2. The van der Waals surface area contributed by atoms with Crippen LogP contribution in [0, 0.1) is 0 Å². The van der Waals surface area contributed by atoms with Gasteiger partial charge in [-0.1, -0.05) is 6.07 Å². The number of pyridine rings is 2. The molecule has 27 heavy (non-hydrogen) atoms. The van der Waals surface area contributed by atoms with E-state index in [2.05, 4.69) is 20.9 Å². The lowest BCUT2D eigenvalue weighted by molar-refractivity contribution is 0.0627. The Balaban J connectivity index is 1.32. The Kier molecular flexibility index (Phi) is 5.89. The molecular formula is C20H24N4O2S. The first-order valence-corrected chi connectivity index (χ1v) is 10.5. The number of rotatable bonds is 5. The van der Waals surface area contributed by atoms with E-state index in [0.29, 0.717) is 11.4 Å². The lowest BCUT2D eigenvalue weighted by Gasteiger charge is -2.34. The van der Waals surface area contributed by atoms with Gasteiger partial charge in [0.25, 0.3) is 5.91 Å². The summed E-state index contributed by atoms with van der Waals surface area (Å²) in [7, 11) is 0. The number of carbonyl (C=O) groups is 1. The second-order valence-corrected chi connectivity index (χ2v) is 8.07. The third-order valence-corrected chi connectivity index (χ3v) is 6.08. The van der Waals surface area contributed by atoms with Crippen LogP contribution in [0.2, 0.25) is 0 Å². The number of ether oxygens (including phenoxy) is 1. The molecule has 1 amide bonds. The molecule has 142 valence electrons. The van der Waals surface area contributed by atoms with Crippen LogP contribution in [0.4, 0.5) is 0 Å². The molecule has 2 aromatic heterocycles. The molecule has 0 radical (unpaired) electrons. The zero-order chi connectivity index (χ0) is 18.5. The Labute approximate surface area is 163 Å². The minimum Gasteiger partial charge on any atom is -0.473 e. The fourth-order valence-corrected chi connectivity index (χ4v) is 4.52. The Bertz CT molecular complexity index is 760. The number of hydrogen-bond acceptors (Lipinski definition) is 6. The maximum absolute atomic E-state index is 12.9. The molecule has 2 aliphatic heterocycles. The van der Waals surface area contributed by atoms with Gasteiger partial charge in [-0.2, -0.15) is 11.8 Å². The smallest absolute Gasteiger partial charge is 0.254 e. The summed E-state index contributed by atoms with van der Waals surface area (Å²) in [5, 5.41) is 0. The Morgan fingerprint density at radius 1 is 1.22 bits per heavy atom. The van der Waals surface area contributed by atoms with Crippen molar-refractivity contribution in [1.82, 2.24) is 19.8 Å². The van der Waals surface area contributed by atoms with Gasteiger partial charge in [0, 0.05) is 68.7 Å². The number of amides is 1. The average Bonchev–Trinajstić information content (AvgIpc) is 3.22. The van der Waals surface area contributed by atoms with Gasteiger partial charge in [-0.05, 0) is 29.9 Å². The van der Waals surface area contributed by atoms with E-state index in [-0.39, 0.29) is 12.0 Å². The third-order valence-electron chi connectivity index (χ3n) is 4.95. The Morgan fingerprint density at radius 3 is 2.85 bits per heavy atom. The van der Waals surface area contributed by atoms with E-state index >= 15 is 0 Å². The summed E-state index contributed by atoms with van der Waals surface area (Å²) >= 11 is 1.90. The molecule has 0 saturated carbocycles. The largest absolute Gasteiger partial charge is 0.473 e. The molecule has 4 rings (SSSR count). The van der Waals surface area contributed by atoms with E-state index in [1.807, 2.05) is 28.9 Å². The molecule has 0 N–H and O–H groups in total. The lowest BCUT2D eigenvalue weighted by Crippen LogP contribution is -2.48. The fraction of sp³-hybridized carbons (Fsp3) is 0.450. The van der Waals surface area contributed by atoms with Gasteiger partial charge in [0.05, 0.1) is 0 Å². The van der Waals surface area contributed by atoms with E-state index in [1.165, 1.54) is 5.56 Å². The van der Waals surface area contributed by atoms with E-state index in [4.69, 9.17) is 4.74 Å². The normalized spacial score (nSPS) is 20.6. The minimum absolute atomic E-state index is 0.0593. The molecular weight excluding hydrogens is 360 g/mol. The van der Waals surface area contributed by atoms with Crippen molar-refractivity contribution in [3.05, 3.63) is 54.0 Å². The van der Waals surface area contributed by atoms with Crippen LogP contribution >= 0.6 is 11.8 Å². The number of nitrogens with zero attached hydrogens (tertiary/aromatic N) is 4. The van der Waals surface area contributed by atoms with Gasteiger partial charge in [-0.25, -0.2) is 4.98 Å². The zero-order valence-electron chi connectivity index (χ0n) is 15.3. The van der Waals surface area contributed by atoms with Crippen LogP contribution in [-0.4, -0.2) is 69.5 Å². The first-order chi connectivity index (χ1) is 13.3. The number of hydrogen-bond donors (Lipinski definition) is 0. The Morgan fingerprint density at radius 2 is 2.11 bits per heavy atom. The van der Waals surface area contributed by atoms with Crippen molar-refractivity contribution >= 4 is 17.7 Å². The van der Waals surface area contributed by atoms with Crippen molar-refractivity contribution in [2.45, 2.75) is 19.1 Å². The van der Waals surface area contributed by atoms with Crippen LogP contribution in [0.1, 0.15) is 22.3 Å². The summed E-state index contributed by atoms with van der Waals surface area (Å²) in [6, 6.07) is 7.61. The molecule has 2 aliphatic rings. The predicted molar refractivity (Wildman–Crippen MR) is 106 cm³/mol. The summed E-state index contributed by atoms with van der Waals surface area (Å²) in [5.41, 5.74) is 1.87. The highest BCUT2D eigenvalue weighted by Gasteiger charge is 2.23. The molecule has 2 saturated heterocycles. The highest BCUT2D eigenvalue weighted by atomic mass is 32.2. The second kappa shape index (κ2) is 8.71. The molecule has 6 nitrogen and oxygen atoms in total. The van der Waals surface area contributed by atoms with Gasteiger partial charge < -0.3 is 9.64 Å². The van der Waals surface area contributed by atoms with Crippen LogP contribution in [0.25, 0.3) is 0 Å². The summed E-state index contributed by atoms with van der Waals surface area (Å²) in [4.78, 5) is 25.6. The summed E-state index contributed by atoms with van der Waals surface area (Å²) in [6.07, 6.45) is 6.62. The SMILES string of the molecule is O=C(c1ccnc(OC2CCSC2)c1)N1CCN(Cc2cccnc2)CC1. The number of piperazine rings is 1. The van der Waals surface area contributed by atoms with Crippen LogP contribution in [-0.2, 0) is 6.54 Å². The van der Waals surface area contributed by atoms with Crippen molar-refractivity contribution in [2.75, 3.05) is 37.7 Å². The van der Waals surface area contributed by atoms with Gasteiger partial charge >= 0.3 is 0 Å². The van der Waals surface area contributed by atoms with E-state index in [1.54, 1.807) is 24.5 Å². The van der Waals surface area contributed by atoms with Crippen LogP contribution < -0.4 is 4.74 Å². The fourth-order valence-electron chi connectivity index (χ4n) is 3.43. The summed E-state index contributed by atoms with van der Waals surface area (Å²) in [6.45, 7) is 4.08. The highest BCUT2D eigenvalue weighted by Crippen LogP contribution is 2.23. The van der Waals surface area contributed by atoms with E-state index in [9.17, 15) is 4.79 Å². The standard InChI is InChI=1S/C20H24N4O2S/c25-20(17-3-6-22-19(12-17)26-18-4-11-27-15-18)24-9-7-23(8-10-24)14-16-2-1-5-21-13-16/h1-3,5-6,12-13,18H,4,7-11,14-15H2. The maximum atomic E-state index is 12.9. The predicted octanol–water partition coefficient (Wildman–Crippen LogP) is 2.32. The molecule has 0 aromatic carbocycles. The molecule has 0 bridgehead atoms. The Hall–Kier alpha value is -2.12. The van der Waals surface area contributed by atoms with Crippen LogP contribution in [0.3, 0.4) is 0 Å². The van der Waals surface area contributed by atoms with Crippen molar-refractivity contribution in [3.63, 3.8) is 0 Å². The van der Waals surface area contributed by atoms with Crippen LogP contribution in [0.15, 0.2) is 42.9 Å².